The molecule has 1 aliphatic rings. The number of carbonyl (C=O) groups excluding carboxylic acids is 1. The maximum atomic E-state index is 11.9. The Labute approximate surface area is 112 Å². The van der Waals surface area contributed by atoms with Gasteiger partial charge in [-0.2, -0.15) is 0 Å². The van der Waals surface area contributed by atoms with Gasteiger partial charge in [0, 0.05) is 17.1 Å². The van der Waals surface area contributed by atoms with Gasteiger partial charge in [0.1, 0.15) is 0 Å². The van der Waals surface area contributed by atoms with Crippen LogP contribution in [0.4, 0.5) is 0 Å². The highest BCUT2D eigenvalue weighted by Gasteiger charge is 2.20. The van der Waals surface area contributed by atoms with Gasteiger partial charge in [0.2, 0.25) is 0 Å². The molecule has 2 rings (SSSR count). The number of rotatable bonds is 3. The van der Waals surface area contributed by atoms with E-state index in [1.54, 1.807) is 24.3 Å². The third-order valence-corrected chi connectivity index (χ3v) is 3.63. The van der Waals surface area contributed by atoms with Crippen LogP contribution in [0.25, 0.3) is 0 Å². The van der Waals surface area contributed by atoms with Gasteiger partial charge in [-0.25, -0.2) is 0 Å². The Hall–Kier alpha value is -1.06. The summed E-state index contributed by atoms with van der Waals surface area (Å²) < 4.78 is 0. The van der Waals surface area contributed by atoms with Crippen LogP contribution in [0.2, 0.25) is 5.02 Å². The minimum absolute atomic E-state index is 0.0995. The first-order chi connectivity index (χ1) is 8.65. The van der Waals surface area contributed by atoms with E-state index in [0.717, 1.165) is 25.7 Å². The third kappa shape index (κ3) is 3.72. The number of aliphatic hydroxyl groups is 1. The van der Waals surface area contributed by atoms with E-state index in [4.69, 9.17) is 11.6 Å². The highest BCUT2D eigenvalue weighted by atomic mass is 35.5. The van der Waals surface area contributed by atoms with Gasteiger partial charge in [0.25, 0.3) is 5.91 Å². The normalized spacial score (nSPS) is 23.7. The minimum Gasteiger partial charge on any atom is -0.393 e. The predicted molar refractivity (Wildman–Crippen MR) is 71.8 cm³/mol. The topological polar surface area (TPSA) is 49.3 Å². The molecule has 4 heteroatoms. The summed E-state index contributed by atoms with van der Waals surface area (Å²) in [6.45, 7) is 0.627. The second-order valence-electron chi connectivity index (χ2n) is 4.91. The van der Waals surface area contributed by atoms with Crippen molar-refractivity contribution in [1.82, 2.24) is 5.32 Å². The Kier molecular flexibility index (Phi) is 4.61. The molecule has 98 valence electrons. The second-order valence-corrected chi connectivity index (χ2v) is 5.34. The number of aliphatic hydroxyl groups excluding tert-OH is 1. The molecule has 2 unspecified atom stereocenters. The van der Waals surface area contributed by atoms with Crippen molar-refractivity contribution >= 4 is 17.5 Å². The molecule has 3 nitrogen and oxygen atoms in total. The van der Waals surface area contributed by atoms with E-state index in [-0.39, 0.29) is 12.0 Å². The van der Waals surface area contributed by atoms with Crippen LogP contribution in [0.5, 0.6) is 0 Å². The lowest BCUT2D eigenvalue weighted by Gasteiger charge is -2.25. The summed E-state index contributed by atoms with van der Waals surface area (Å²) in [4.78, 5) is 11.9. The molecule has 0 heterocycles. The fourth-order valence-electron chi connectivity index (χ4n) is 2.42. The Balaban J connectivity index is 1.84. The average molecular weight is 268 g/mol. The number of carbonyl (C=O) groups is 1. The van der Waals surface area contributed by atoms with Gasteiger partial charge >= 0.3 is 0 Å². The zero-order valence-corrected chi connectivity index (χ0v) is 11.0. The molecule has 1 aliphatic carbocycles. The summed E-state index contributed by atoms with van der Waals surface area (Å²) in [5.74, 6) is 0.287. The molecule has 0 spiro atoms. The lowest BCUT2D eigenvalue weighted by Crippen LogP contribution is -2.32. The molecule has 18 heavy (non-hydrogen) atoms. The number of halogens is 1. The summed E-state index contributed by atoms with van der Waals surface area (Å²) in [7, 11) is 0. The molecule has 0 aromatic heterocycles. The van der Waals surface area contributed by atoms with Crippen LogP contribution in [0.3, 0.4) is 0 Å². The SMILES string of the molecule is O=C(NCC1CCCC(O)C1)c1cccc(Cl)c1. The van der Waals surface area contributed by atoms with Gasteiger partial charge in [-0.1, -0.05) is 24.1 Å². The van der Waals surface area contributed by atoms with Gasteiger partial charge in [-0.3, -0.25) is 4.79 Å². The summed E-state index contributed by atoms with van der Waals surface area (Å²) in [5, 5.41) is 13.0. The van der Waals surface area contributed by atoms with Crippen LogP contribution in [-0.2, 0) is 0 Å². The number of amides is 1. The van der Waals surface area contributed by atoms with E-state index in [1.807, 2.05) is 0 Å². The first kappa shape index (κ1) is 13.4. The second kappa shape index (κ2) is 6.21. The fraction of sp³-hybridized carbons (Fsp3) is 0.500. The molecule has 0 aliphatic heterocycles. The van der Waals surface area contributed by atoms with Crippen molar-refractivity contribution in [3.05, 3.63) is 34.9 Å². The summed E-state index contributed by atoms with van der Waals surface area (Å²) in [6, 6.07) is 6.92. The van der Waals surface area contributed by atoms with Crippen molar-refractivity contribution in [2.24, 2.45) is 5.92 Å². The van der Waals surface area contributed by atoms with E-state index >= 15 is 0 Å². The Morgan fingerprint density at radius 3 is 3.00 bits per heavy atom. The van der Waals surface area contributed by atoms with E-state index in [2.05, 4.69) is 5.32 Å². The smallest absolute Gasteiger partial charge is 0.251 e. The molecular weight excluding hydrogens is 250 g/mol. The fourth-order valence-corrected chi connectivity index (χ4v) is 2.61. The monoisotopic (exact) mass is 267 g/mol. The molecule has 1 saturated carbocycles. The zero-order valence-electron chi connectivity index (χ0n) is 10.2. The molecule has 1 aromatic carbocycles. The van der Waals surface area contributed by atoms with Crippen LogP contribution in [0, 0.1) is 5.92 Å². The summed E-state index contributed by atoms with van der Waals surface area (Å²) in [6.07, 6.45) is 3.59. The summed E-state index contributed by atoms with van der Waals surface area (Å²) in [5.41, 5.74) is 0.582. The van der Waals surface area contributed by atoms with Gasteiger partial charge < -0.3 is 10.4 Å². The largest absolute Gasteiger partial charge is 0.393 e. The number of nitrogens with one attached hydrogen (secondary N) is 1. The third-order valence-electron chi connectivity index (χ3n) is 3.39. The Morgan fingerprint density at radius 1 is 1.44 bits per heavy atom. The van der Waals surface area contributed by atoms with Gasteiger partial charge in [0.05, 0.1) is 6.10 Å². The van der Waals surface area contributed by atoms with Crippen molar-refractivity contribution in [3.63, 3.8) is 0 Å². The molecule has 1 aromatic rings. The first-order valence-electron chi connectivity index (χ1n) is 6.37. The first-order valence-corrected chi connectivity index (χ1v) is 6.75. The average Bonchev–Trinajstić information content (AvgIpc) is 2.36. The van der Waals surface area contributed by atoms with Gasteiger partial charge in [-0.15, -0.1) is 0 Å². The summed E-state index contributed by atoms with van der Waals surface area (Å²) >= 11 is 5.84. The molecular formula is C14H18ClNO2. The van der Waals surface area contributed by atoms with Crippen molar-refractivity contribution in [3.8, 4) is 0 Å². The highest BCUT2D eigenvalue weighted by Crippen LogP contribution is 2.23. The van der Waals surface area contributed by atoms with E-state index < -0.39 is 0 Å². The zero-order chi connectivity index (χ0) is 13.0. The van der Waals surface area contributed by atoms with Crippen LogP contribution < -0.4 is 5.32 Å². The lowest BCUT2D eigenvalue weighted by molar-refractivity contribution is 0.0874. The Bertz CT molecular complexity index is 422. The van der Waals surface area contributed by atoms with Crippen LogP contribution >= 0.6 is 11.6 Å². The molecule has 1 fully saturated rings. The van der Waals surface area contributed by atoms with Crippen LogP contribution in [-0.4, -0.2) is 23.7 Å². The van der Waals surface area contributed by atoms with E-state index in [1.165, 1.54) is 0 Å². The van der Waals surface area contributed by atoms with Crippen molar-refractivity contribution in [1.29, 1.82) is 0 Å². The maximum Gasteiger partial charge on any atom is 0.251 e. The van der Waals surface area contributed by atoms with E-state index in [0.29, 0.717) is 23.0 Å². The Morgan fingerprint density at radius 2 is 2.28 bits per heavy atom. The molecule has 2 atom stereocenters. The lowest BCUT2D eigenvalue weighted by atomic mass is 9.87. The molecule has 0 saturated heterocycles. The van der Waals surface area contributed by atoms with Gasteiger partial charge in [-0.05, 0) is 43.4 Å². The predicted octanol–water partition coefficient (Wildman–Crippen LogP) is 2.62. The molecule has 1 amide bonds. The van der Waals surface area contributed by atoms with Crippen LogP contribution in [0.1, 0.15) is 36.0 Å². The van der Waals surface area contributed by atoms with Crippen molar-refractivity contribution < 1.29 is 9.90 Å². The molecule has 0 bridgehead atoms. The van der Waals surface area contributed by atoms with Crippen molar-refractivity contribution in [2.75, 3.05) is 6.54 Å². The number of hydrogen-bond donors (Lipinski definition) is 2. The minimum atomic E-state index is -0.202. The molecule has 2 N–H and O–H groups in total. The number of benzene rings is 1. The highest BCUT2D eigenvalue weighted by molar-refractivity contribution is 6.30. The van der Waals surface area contributed by atoms with Gasteiger partial charge in [0.15, 0.2) is 0 Å². The van der Waals surface area contributed by atoms with Crippen LogP contribution in [0.15, 0.2) is 24.3 Å². The quantitative estimate of drug-likeness (QED) is 0.885. The maximum absolute atomic E-state index is 11.9. The van der Waals surface area contributed by atoms with E-state index in [9.17, 15) is 9.90 Å². The number of hydrogen-bond acceptors (Lipinski definition) is 2. The van der Waals surface area contributed by atoms with Crippen molar-refractivity contribution in [2.45, 2.75) is 31.8 Å². The standard InChI is InChI=1S/C14H18ClNO2/c15-12-5-2-4-11(8-12)14(18)16-9-10-3-1-6-13(17)7-10/h2,4-5,8,10,13,17H,1,3,6-7,9H2,(H,16,18). The molecule has 0 radical (unpaired) electrons.